The lowest BCUT2D eigenvalue weighted by molar-refractivity contribution is -0.130. The van der Waals surface area contributed by atoms with Gasteiger partial charge in [-0.25, -0.2) is 0 Å². The summed E-state index contributed by atoms with van der Waals surface area (Å²) >= 11 is 0. The average Bonchev–Trinajstić information content (AvgIpc) is 2.65. The zero-order chi connectivity index (χ0) is 17.8. The van der Waals surface area contributed by atoms with Crippen molar-refractivity contribution in [3.63, 3.8) is 0 Å². The molecule has 138 valence electrons. The van der Waals surface area contributed by atoms with Crippen molar-refractivity contribution in [2.75, 3.05) is 26.7 Å². The van der Waals surface area contributed by atoms with E-state index in [4.69, 9.17) is 4.74 Å². The molecule has 0 spiro atoms. The molecule has 0 saturated carbocycles. The van der Waals surface area contributed by atoms with Crippen LogP contribution in [0.4, 0.5) is 0 Å². The highest BCUT2D eigenvalue weighted by molar-refractivity contribution is 5.73. The molecule has 0 unspecified atom stereocenters. The fourth-order valence-corrected chi connectivity index (χ4v) is 4.56. The van der Waals surface area contributed by atoms with Gasteiger partial charge in [0.2, 0.25) is 5.91 Å². The summed E-state index contributed by atoms with van der Waals surface area (Å²) in [5.74, 6) is 1.19. The number of nitrogens with zero attached hydrogens (tertiary/aromatic N) is 2. The van der Waals surface area contributed by atoms with E-state index in [2.05, 4.69) is 30.0 Å². The van der Waals surface area contributed by atoms with E-state index in [1.807, 2.05) is 4.90 Å². The van der Waals surface area contributed by atoms with Crippen LogP contribution in [-0.2, 0) is 17.6 Å². The number of fused-ring (bicyclic) bond motifs is 1. The highest BCUT2D eigenvalue weighted by Gasteiger charge is 2.31. The van der Waals surface area contributed by atoms with Crippen LogP contribution in [0.25, 0.3) is 0 Å². The molecule has 2 aliphatic rings. The number of aryl methyl sites for hydroxylation is 1. The van der Waals surface area contributed by atoms with Crippen molar-refractivity contribution < 1.29 is 9.53 Å². The number of piperidine rings is 1. The Morgan fingerprint density at radius 2 is 1.96 bits per heavy atom. The highest BCUT2D eigenvalue weighted by Crippen LogP contribution is 2.30. The van der Waals surface area contributed by atoms with Crippen molar-refractivity contribution in [1.82, 2.24) is 9.80 Å². The van der Waals surface area contributed by atoms with Crippen molar-refractivity contribution in [3.05, 3.63) is 29.3 Å². The van der Waals surface area contributed by atoms with Gasteiger partial charge in [-0.05, 0) is 68.3 Å². The van der Waals surface area contributed by atoms with Gasteiger partial charge in [-0.2, -0.15) is 0 Å². The highest BCUT2D eigenvalue weighted by atomic mass is 16.5. The predicted octanol–water partition coefficient (Wildman–Crippen LogP) is 3.28. The normalized spacial score (nSPS) is 21.3. The maximum absolute atomic E-state index is 11.6. The average molecular weight is 344 g/mol. The van der Waals surface area contributed by atoms with Crippen molar-refractivity contribution in [3.8, 4) is 5.75 Å². The van der Waals surface area contributed by atoms with Crippen LogP contribution in [0.15, 0.2) is 18.2 Å². The fraction of sp³-hybridized carbons (Fsp3) is 0.667. The number of hydrogen-bond donors (Lipinski definition) is 0. The number of ether oxygens (including phenoxy) is 1. The maximum atomic E-state index is 11.6. The quantitative estimate of drug-likeness (QED) is 0.822. The second kappa shape index (κ2) is 8.22. The summed E-state index contributed by atoms with van der Waals surface area (Å²) in [4.78, 5) is 16.4. The summed E-state index contributed by atoms with van der Waals surface area (Å²) < 4.78 is 5.42. The van der Waals surface area contributed by atoms with Crippen LogP contribution in [0, 0.1) is 0 Å². The number of likely N-dealkylation sites (tertiary alicyclic amines) is 1. The Kier molecular flexibility index (Phi) is 6.00. The van der Waals surface area contributed by atoms with E-state index in [1.165, 1.54) is 24.0 Å². The molecule has 0 N–H and O–H groups in total. The summed E-state index contributed by atoms with van der Waals surface area (Å²) in [5.41, 5.74) is 2.94. The standard InChI is InChI=1S/C21H32N2O2/c1-4-11-23(19-9-12-22(13-10-19)16(2)24)20-7-5-17-6-8-21(25-3)15-18(17)14-20/h6,8,15,19-20H,4-5,7,9-14H2,1-3H3/t20-/m1/s1. The molecule has 1 aromatic rings. The fourth-order valence-electron chi connectivity index (χ4n) is 4.56. The Bertz CT molecular complexity index is 594. The molecular formula is C21H32N2O2. The van der Waals surface area contributed by atoms with E-state index in [0.717, 1.165) is 51.1 Å². The molecule has 1 amide bonds. The molecule has 25 heavy (non-hydrogen) atoms. The lowest BCUT2D eigenvalue weighted by atomic mass is 9.86. The minimum atomic E-state index is 0.221. The van der Waals surface area contributed by atoms with Gasteiger partial charge < -0.3 is 9.64 Å². The SMILES string of the molecule is CCCN(C1CCN(C(C)=O)CC1)[C@@H]1CCc2ccc(OC)cc2C1. The molecule has 1 aliphatic heterocycles. The molecule has 4 nitrogen and oxygen atoms in total. The Labute approximate surface area is 152 Å². The van der Waals surface area contributed by atoms with Crippen LogP contribution < -0.4 is 4.74 Å². The lowest BCUT2D eigenvalue weighted by Gasteiger charge is -2.44. The van der Waals surface area contributed by atoms with Gasteiger partial charge in [0, 0.05) is 32.1 Å². The smallest absolute Gasteiger partial charge is 0.219 e. The lowest BCUT2D eigenvalue weighted by Crippen LogP contribution is -2.51. The summed E-state index contributed by atoms with van der Waals surface area (Å²) in [6.07, 6.45) is 6.94. The minimum absolute atomic E-state index is 0.221. The first-order valence-electron chi connectivity index (χ1n) is 9.79. The van der Waals surface area contributed by atoms with E-state index < -0.39 is 0 Å². The van der Waals surface area contributed by atoms with Crippen LogP contribution in [0.5, 0.6) is 5.75 Å². The summed E-state index contributed by atoms with van der Waals surface area (Å²) in [6, 6.07) is 7.78. The van der Waals surface area contributed by atoms with Gasteiger partial charge in [0.15, 0.2) is 0 Å². The zero-order valence-corrected chi connectivity index (χ0v) is 16.0. The Morgan fingerprint density at radius 1 is 1.20 bits per heavy atom. The molecular weight excluding hydrogens is 312 g/mol. The number of rotatable bonds is 5. The summed E-state index contributed by atoms with van der Waals surface area (Å²) in [5, 5.41) is 0. The van der Waals surface area contributed by atoms with Gasteiger partial charge in [-0.15, -0.1) is 0 Å². The van der Waals surface area contributed by atoms with Gasteiger partial charge in [0.05, 0.1) is 7.11 Å². The van der Waals surface area contributed by atoms with Crippen LogP contribution in [0.1, 0.15) is 50.7 Å². The molecule has 1 saturated heterocycles. The van der Waals surface area contributed by atoms with Gasteiger partial charge in [0.1, 0.15) is 5.75 Å². The molecule has 1 fully saturated rings. The largest absolute Gasteiger partial charge is 0.497 e. The number of hydrogen-bond acceptors (Lipinski definition) is 3. The topological polar surface area (TPSA) is 32.8 Å². The first-order chi connectivity index (χ1) is 12.1. The second-order valence-electron chi connectivity index (χ2n) is 7.51. The number of carbonyl (C=O) groups is 1. The third-order valence-corrected chi connectivity index (χ3v) is 5.95. The molecule has 3 rings (SSSR count). The first-order valence-corrected chi connectivity index (χ1v) is 9.79. The van der Waals surface area contributed by atoms with E-state index in [9.17, 15) is 4.79 Å². The first kappa shape index (κ1) is 18.2. The minimum Gasteiger partial charge on any atom is -0.497 e. The molecule has 1 aliphatic carbocycles. The number of methoxy groups -OCH3 is 1. The van der Waals surface area contributed by atoms with Crippen molar-refractivity contribution in [2.45, 2.75) is 64.5 Å². The Hall–Kier alpha value is -1.55. The summed E-state index contributed by atoms with van der Waals surface area (Å²) in [7, 11) is 1.74. The molecule has 1 heterocycles. The molecule has 1 aromatic carbocycles. The third kappa shape index (κ3) is 4.17. The Morgan fingerprint density at radius 3 is 2.60 bits per heavy atom. The van der Waals surface area contributed by atoms with Gasteiger partial charge in [-0.1, -0.05) is 13.0 Å². The van der Waals surface area contributed by atoms with Gasteiger partial charge in [-0.3, -0.25) is 9.69 Å². The monoisotopic (exact) mass is 344 g/mol. The van der Waals surface area contributed by atoms with Crippen molar-refractivity contribution in [2.24, 2.45) is 0 Å². The van der Waals surface area contributed by atoms with Gasteiger partial charge in [0.25, 0.3) is 0 Å². The number of carbonyl (C=O) groups excluding carboxylic acids is 1. The second-order valence-corrected chi connectivity index (χ2v) is 7.51. The van der Waals surface area contributed by atoms with Crippen LogP contribution in [0.3, 0.4) is 0 Å². The van der Waals surface area contributed by atoms with Crippen molar-refractivity contribution in [1.29, 1.82) is 0 Å². The van der Waals surface area contributed by atoms with E-state index >= 15 is 0 Å². The molecule has 0 bridgehead atoms. The van der Waals surface area contributed by atoms with E-state index in [0.29, 0.717) is 12.1 Å². The molecule has 4 heteroatoms. The zero-order valence-electron chi connectivity index (χ0n) is 16.0. The van der Waals surface area contributed by atoms with E-state index in [1.54, 1.807) is 14.0 Å². The van der Waals surface area contributed by atoms with Gasteiger partial charge >= 0.3 is 0 Å². The summed E-state index contributed by atoms with van der Waals surface area (Å²) in [6.45, 7) is 6.95. The molecule has 0 aromatic heterocycles. The van der Waals surface area contributed by atoms with E-state index in [-0.39, 0.29) is 5.91 Å². The molecule has 1 atom stereocenters. The van der Waals surface area contributed by atoms with Crippen molar-refractivity contribution >= 4 is 5.91 Å². The number of benzene rings is 1. The molecule has 0 radical (unpaired) electrons. The maximum Gasteiger partial charge on any atom is 0.219 e. The van der Waals surface area contributed by atoms with Crippen LogP contribution in [0.2, 0.25) is 0 Å². The predicted molar refractivity (Wildman–Crippen MR) is 101 cm³/mol. The Balaban J connectivity index is 1.70. The third-order valence-electron chi connectivity index (χ3n) is 5.95. The van der Waals surface area contributed by atoms with Crippen LogP contribution >= 0.6 is 0 Å². The number of amides is 1. The van der Waals surface area contributed by atoms with Crippen LogP contribution in [-0.4, -0.2) is 54.5 Å².